The normalized spacial score (nSPS) is 20.0. The largest absolute Gasteiger partial charge is 0.395 e. The van der Waals surface area contributed by atoms with Gasteiger partial charge in [-0.2, -0.15) is 0 Å². The highest BCUT2D eigenvalue weighted by Crippen LogP contribution is 2.33. The molecule has 1 heterocycles. The van der Waals surface area contributed by atoms with Crippen molar-refractivity contribution in [3.8, 4) is 0 Å². The second-order valence-corrected chi connectivity index (χ2v) is 5.21. The summed E-state index contributed by atoms with van der Waals surface area (Å²) < 4.78 is 0. The summed E-state index contributed by atoms with van der Waals surface area (Å²) >= 11 is 0. The van der Waals surface area contributed by atoms with Crippen LogP contribution in [0.1, 0.15) is 17.3 Å². The molecule has 9 nitrogen and oxygen atoms in total. The predicted molar refractivity (Wildman–Crippen MR) is 85.6 cm³/mol. The second-order valence-electron chi connectivity index (χ2n) is 5.21. The van der Waals surface area contributed by atoms with Gasteiger partial charge in [0, 0.05) is 18.2 Å². The lowest BCUT2D eigenvalue weighted by Crippen LogP contribution is -2.42. The lowest BCUT2D eigenvalue weighted by Gasteiger charge is -2.34. The molecule has 0 saturated heterocycles. The number of aliphatic hydroxyl groups excluding tert-OH is 2. The zero-order chi connectivity index (χ0) is 17.7. The van der Waals surface area contributed by atoms with Crippen molar-refractivity contribution >= 4 is 17.3 Å². The standard InChI is InChI=1S/C15H19N3O6/c1-10-2-4-12(9-20)17(24-10)13-5-3-11(8-14(13)18(22)23)15(21)16-6-7-19/h2-5,8,10,12,19-20H,6-7,9H2,1H3,(H,16,21). The van der Waals surface area contributed by atoms with Crippen LogP contribution in [0.25, 0.3) is 0 Å². The molecule has 2 rings (SSSR count). The minimum atomic E-state index is -0.612. The summed E-state index contributed by atoms with van der Waals surface area (Å²) in [5, 5.41) is 33.3. The maximum absolute atomic E-state index is 11.9. The Morgan fingerprint density at radius 3 is 2.79 bits per heavy atom. The number of nitrogens with zero attached hydrogens (tertiary/aromatic N) is 2. The van der Waals surface area contributed by atoms with E-state index < -0.39 is 16.9 Å². The average molecular weight is 337 g/mol. The van der Waals surface area contributed by atoms with Gasteiger partial charge in [0.2, 0.25) is 0 Å². The Hall–Kier alpha value is -2.49. The van der Waals surface area contributed by atoms with E-state index in [4.69, 9.17) is 9.94 Å². The number of anilines is 1. The molecule has 0 aromatic heterocycles. The third-order valence-corrected chi connectivity index (χ3v) is 3.44. The van der Waals surface area contributed by atoms with Crippen LogP contribution >= 0.6 is 0 Å². The number of benzene rings is 1. The number of hydrogen-bond acceptors (Lipinski definition) is 7. The lowest BCUT2D eigenvalue weighted by molar-refractivity contribution is -0.384. The minimum absolute atomic E-state index is 0.0541. The second kappa shape index (κ2) is 7.86. The smallest absolute Gasteiger partial charge is 0.295 e. The molecule has 1 aromatic carbocycles. The Kier molecular flexibility index (Phi) is 5.85. The number of nitro benzene ring substituents is 1. The van der Waals surface area contributed by atoms with Gasteiger partial charge in [-0.1, -0.05) is 12.2 Å². The molecule has 1 aliphatic heterocycles. The molecule has 0 bridgehead atoms. The topological polar surface area (TPSA) is 125 Å². The predicted octanol–water partition coefficient (Wildman–Crippen LogP) is 0.374. The van der Waals surface area contributed by atoms with Gasteiger partial charge in [-0.3, -0.25) is 19.7 Å². The molecule has 0 radical (unpaired) electrons. The van der Waals surface area contributed by atoms with E-state index in [9.17, 15) is 20.0 Å². The Labute approximate surface area is 138 Å². The Morgan fingerprint density at radius 1 is 1.42 bits per heavy atom. The Balaban J connectivity index is 2.38. The average Bonchev–Trinajstić information content (AvgIpc) is 2.59. The summed E-state index contributed by atoms with van der Waals surface area (Å²) in [6.45, 7) is 1.31. The molecule has 0 spiro atoms. The molecule has 1 amide bonds. The molecular weight excluding hydrogens is 318 g/mol. The first-order valence-corrected chi connectivity index (χ1v) is 7.40. The van der Waals surface area contributed by atoms with Crippen molar-refractivity contribution in [3.63, 3.8) is 0 Å². The maximum atomic E-state index is 11.9. The number of nitro groups is 1. The van der Waals surface area contributed by atoms with E-state index in [1.807, 2.05) is 0 Å². The van der Waals surface area contributed by atoms with E-state index in [2.05, 4.69) is 5.32 Å². The number of hydrogen-bond donors (Lipinski definition) is 3. The van der Waals surface area contributed by atoms with E-state index in [-0.39, 0.29) is 42.8 Å². The zero-order valence-corrected chi connectivity index (χ0v) is 13.1. The fraction of sp³-hybridized carbons (Fsp3) is 0.400. The molecular formula is C15H19N3O6. The number of aliphatic hydroxyl groups is 2. The van der Waals surface area contributed by atoms with Crippen molar-refractivity contribution in [1.82, 2.24) is 5.32 Å². The van der Waals surface area contributed by atoms with Crippen LogP contribution in [0.2, 0.25) is 0 Å². The summed E-state index contributed by atoms with van der Waals surface area (Å²) in [4.78, 5) is 28.3. The fourth-order valence-corrected chi connectivity index (χ4v) is 2.29. The fourth-order valence-electron chi connectivity index (χ4n) is 2.29. The van der Waals surface area contributed by atoms with Crippen LogP contribution in [-0.2, 0) is 4.84 Å². The summed E-state index contributed by atoms with van der Waals surface area (Å²) in [5.74, 6) is -0.523. The van der Waals surface area contributed by atoms with Crippen molar-refractivity contribution in [2.45, 2.75) is 19.1 Å². The molecule has 0 saturated carbocycles. The van der Waals surface area contributed by atoms with Gasteiger partial charge < -0.3 is 15.5 Å². The first kappa shape index (κ1) is 17.9. The highest BCUT2D eigenvalue weighted by molar-refractivity contribution is 5.95. The van der Waals surface area contributed by atoms with Gasteiger partial charge in [0.15, 0.2) is 0 Å². The molecule has 9 heteroatoms. The van der Waals surface area contributed by atoms with Gasteiger partial charge in [-0.15, -0.1) is 0 Å². The van der Waals surface area contributed by atoms with Gasteiger partial charge >= 0.3 is 0 Å². The van der Waals surface area contributed by atoms with Crippen molar-refractivity contribution in [1.29, 1.82) is 0 Å². The van der Waals surface area contributed by atoms with Crippen LogP contribution in [0.15, 0.2) is 30.4 Å². The highest BCUT2D eigenvalue weighted by atomic mass is 16.7. The SMILES string of the molecule is CC1C=CC(CO)N(c2ccc(C(=O)NCCO)cc2[N+](=O)[O-])O1. The minimum Gasteiger partial charge on any atom is -0.395 e. The van der Waals surface area contributed by atoms with E-state index in [1.165, 1.54) is 17.2 Å². The summed E-state index contributed by atoms with van der Waals surface area (Å²) in [6, 6.07) is 3.41. The van der Waals surface area contributed by atoms with Gasteiger partial charge in [0.05, 0.1) is 24.2 Å². The monoisotopic (exact) mass is 337 g/mol. The highest BCUT2D eigenvalue weighted by Gasteiger charge is 2.29. The van der Waals surface area contributed by atoms with Gasteiger partial charge in [-0.05, 0) is 19.1 Å². The number of rotatable bonds is 6. The number of hydroxylamine groups is 1. The maximum Gasteiger partial charge on any atom is 0.295 e. The van der Waals surface area contributed by atoms with E-state index in [1.54, 1.807) is 19.1 Å². The van der Waals surface area contributed by atoms with Gasteiger partial charge in [0.1, 0.15) is 11.8 Å². The zero-order valence-electron chi connectivity index (χ0n) is 13.1. The lowest BCUT2D eigenvalue weighted by atomic mass is 10.1. The first-order chi connectivity index (χ1) is 11.5. The van der Waals surface area contributed by atoms with Crippen LogP contribution < -0.4 is 10.4 Å². The molecule has 3 N–H and O–H groups in total. The first-order valence-electron chi connectivity index (χ1n) is 7.40. The third-order valence-electron chi connectivity index (χ3n) is 3.44. The number of nitrogens with one attached hydrogen (secondary N) is 1. The van der Waals surface area contributed by atoms with E-state index in [0.717, 1.165) is 6.07 Å². The quantitative estimate of drug-likeness (QED) is 0.389. The molecule has 130 valence electrons. The van der Waals surface area contributed by atoms with Gasteiger partial charge in [0.25, 0.3) is 11.6 Å². The van der Waals surface area contributed by atoms with Crippen molar-refractivity contribution in [3.05, 3.63) is 46.0 Å². The number of carbonyl (C=O) groups excluding carboxylic acids is 1. The molecule has 2 atom stereocenters. The molecule has 24 heavy (non-hydrogen) atoms. The summed E-state index contributed by atoms with van der Waals surface area (Å²) in [7, 11) is 0. The molecule has 1 aromatic rings. The van der Waals surface area contributed by atoms with Crippen molar-refractivity contribution in [2.75, 3.05) is 24.8 Å². The van der Waals surface area contributed by atoms with Crippen LogP contribution in [0, 0.1) is 10.1 Å². The van der Waals surface area contributed by atoms with Crippen LogP contribution in [0.3, 0.4) is 0 Å². The molecule has 0 aliphatic carbocycles. The van der Waals surface area contributed by atoms with Crippen LogP contribution in [-0.4, -0.2) is 52.9 Å². The van der Waals surface area contributed by atoms with E-state index >= 15 is 0 Å². The summed E-state index contributed by atoms with van der Waals surface area (Å²) in [6.07, 6.45) is 3.15. The number of carbonyl (C=O) groups is 1. The third kappa shape index (κ3) is 3.88. The van der Waals surface area contributed by atoms with E-state index in [0.29, 0.717) is 0 Å². The Morgan fingerprint density at radius 2 is 2.17 bits per heavy atom. The van der Waals surface area contributed by atoms with Gasteiger partial charge in [-0.25, -0.2) is 5.06 Å². The van der Waals surface area contributed by atoms with Crippen molar-refractivity contribution in [2.24, 2.45) is 0 Å². The molecule has 0 fully saturated rings. The Bertz CT molecular complexity index is 648. The number of amides is 1. The molecule has 2 unspecified atom stereocenters. The summed E-state index contributed by atoms with van der Waals surface area (Å²) in [5.41, 5.74) is -0.0680. The van der Waals surface area contributed by atoms with Crippen LogP contribution in [0.4, 0.5) is 11.4 Å². The molecule has 1 aliphatic rings. The van der Waals surface area contributed by atoms with Crippen LogP contribution in [0.5, 0.6) is 0 Å². The van der Waals surface area contributed by atoms with Crippen molar-refractivity contribution < 1.29 is 24.8 Å².